The Kier molecular flexibility index (Phi) is 6.80. The summed E-state index contributed by atoms with van der Waals surface area (Å²) in [7, 11) is 1.54. The zero-order chi connectivity index (χ0) is 19.5. The molecule has 1 aliphatic heterocycles. The van der Waals surface area contributed by atoms with Gasteiger partial charge < -0.3 is 19.2 Å². The van der Waals surface area contributed by atoms with E-state index in [0.717, 1.165) is 11.8 Å². The highest BCUT2D eigenvalue weighted by Gasteiger charge is 2.32. The van der Waals surface area contributed by atoms with Crippen LogP contribution in [0.1, 0.15) is 45.1 Å². The third-order valence-corrected chi connectivity index (χ3v) is 5.20. The molecule has 0 aromatic heterocycles. The molecule has 0 spiro atoms. The second kappa shape index (κ2) is 8.49. The van der Waals surface area contributed by atoms with E-state index in [-0.39, 0.29) is 17.9 Å². The third-order valence-electron chi connectivity index (χ3n) is 4.48. The van der Waals surface area contributed by atoms with Crippen molar-refractivity contribution in [3.8, 4) is 5.75 Å². The Morgan fingerprint density at radius 1 is 1.23 bits per heavy atom. The molecular weight excluding hydrogens is 377 g/mol. The first-order chi connectivity index (χ1) is 12.2. The highest BCUT2D eigenvalue weighted by atomic mass is 35.5. The number of halogens is 2. The van der Waals surface area contributed by atoms with Crippen molar-refractivity contribution >= 4 is 35.6 Å². The van der Waals surface area contributed by atoms with Crippen LogP contribution < -0.4 is 4.74 Å². The number of carbonyl (C=O) groups is 2. The summed E-state index contributed by atoms with van der Waals surface area (Å²) in [5.74, 6) is 0.281. The van der Waals surface area contributed by atoms with E-state index < -0.39 is 5.60 Å². The van der Waals surface area contributed by atoms with Crippen LogP contribution in [0.4, 0.5) is 4.79 Å². The molecule has 1 aromatic rings. The highest BCUT2D eigenvalue weighted by Crippen LogP contribution is 2.40. The van der Waals surface area contributed by atoms with Gasteiger partial charge in [0.15, 0.2) is 0 Å². The fourth-order valence-electron chi connectivity index (χ4n) is 3.19. The van der Waals surface area contributed by atoms with Gasteiger partial charge in [-0.15, -0.1) is 0 Å². The Labute approximate surface area is 164 Å². The van der Waals surface area contributed by atoms with E-state index in [2.05, 4.69) is 0 Å². The molecule has 1 aliphatic rings. The number of benzene rings is 1. The Balaban J connectivity index is 2.11. The van der Waals surface area contributed by atoms with E-state index in [1.165, 1.54) is 7.11 Å². The molecule has 0 aliphatic carbocycles. The maximum Gasteiger partial charge on any atom is 0.410 e. The average molecular weight is 402 g/mol. The topological polar surface area (TPSA) is 55.8 Å². The predicted molar refractivity (Wildman–Crippen MR) is 102 cm³/mol. The number of methoxy groups -OCH3 is 1. The lowest BCUT2D eigenvalue weighted by molar-refractivity contribution is -0.110. The van der Waals surface area contributed by atoms with E-state index in [0.29, 0.717) is 41.7 Å². The lowest BCUT2D eigenvalue weighted by atomic mass is 9.80. The van der Waals surface area contributed by atoms with Crippen LogP contribution in [-0.2, 0) is 9.53 Å². The summed E-state index contributed by atoms with van der Waals surface area (Å²) in [5.41, 5.74) is 0.208. The molecule has 7 heteroatoms. The van der Waals surface area contributed by atoms with Gasteiger partial charge in [0.05, 0.1) is 17.2 Å². The second-order valence-corrected chi connectivity index (χ2v) is 8.29. The summed E-state index contributed by atoms with van der Waals surface area (Å²) in [5, 5.41) is 0.775. The molecule has 1 saturated heterocycles. The van der Waals surface area contributed by atoms with E-state index in [1.807, 2.05) is 20.8 Å². The van der Waals surface area contributed by atoms with E-state index >= 15 is 0 Å². The number of carbonyl (C=O) groups excluding carboxylic acids is 2. The minimum Gasteiger partial charge on any atom is -0.496 e. The Morgan fingerprint density at radius 3 is 2.31 bits per heavy atom. The number of ether oxygens (including phenoxy) is 2. The number of likely N-dealkylation sites (tertiary alicyclic amines) is 1. The second-order valence-electron chi connectivity index (χ2n) is 7.47. The number of amides is 1. The zero-order valence-corrected chi connectivity index (χ0v) is 17.1. The fourth-order valence-corrected chi connectivity index (χ4v) is 3.51. The molecule has 1 unspecified atom stereocenters. The number of aldehydes is 1. The monoisotopic (exact) mass is 401 g/mol. The quantitative estimate of drug-likeness (QED) is 0.670. The molecule has 144 valence electrons. The molecule has 1 aromatic carbocycles. The van der Waals surface area contributed by atoms with Crippen LogP contribution in [0.5, 0.6) is 5.75 Å². The van der Waals surface area contributed by atoms with Gasteiger partial charge in [0, 0.05) is 30.6 Å². The SMILES string of the molecule is COc1cc(Cl)c(Cl)cc1C(C=O)C1CCN(C(=O)OC(C)(C)C)CC1. The van der Waals surface area contributed by atoms with Crippen molar-refractivity contribution in [1.82, 2.24) is 4.90 Å². The molecule has 0 N–H and O–H groups in total. The fraction of sp³-hybridized carbons (Fsp3) is 0.579. The smallest absolute Gasteiger partial charge is 0.410 e. The minimum absolute atomic E-state index is 0.0947. The summed E-state index contributed by atoms with van der Waals surface area (Å²) >= 11 is 12.2. The standard InChI is InChI=1S/C19H25Cl2NO4/c1-19(2,3)26-18(24)22-7-5-12(6-8-22)14(11-23)13-9-15(20)16(21)10-17(13)25-4/h9-12,14H,5-8H2,1-4H3. The third kappa shape index (κ3) is 5.04. The van der Waals surface area contributed by atoms with E-state index in [9.17, 15) is 9.59 Å². The molecule has 5 nitrogen and oxygen atoms in total. The van der Waals surface area contributed by atoms with E-state index in [4.69, 9.17) is 32.7 Å². The van der Waals surface area contributed by atoms with Crippen molar-refractivity contribution in [3.63, 3.8) is 0 Å². The minimum atomic E-state index is -0.521. The van der Waals surface area contributed by atoms with Gasteiger partial charge in [-0.2, -0.15) is 0 Å². The summed E-state index contributed by atoms with van der Waals surface area (Å²) in [6, 6.07) is 3.33. The molecule has 0 radical (unpaired) electrons. The lowest BCUT2D eigenvalue weighted by Gasteiger charge is -2.35. The van der Waals surface area contributed by atoms with Crippen LogP contribution in [0, 0.1) is 5.92 Å². The largest absolute Gasteiger partial charge is 0.496 e. The van der Waals surface area contributed by atoms with Crippen molar-refractivity contribution in [3.05, 3.63) is 27.7 Å². The molecule has 1 fully saturated rings. The number of hydrogen-bond acceptors (Lipinski definition) is 4. The lowest BCUT2D eigenvalue weighted by Crippen LogP contribution is -2.42. The molecule has 1 heterocycles. The van der Waals surface area contributed by atoms with Crippen molar-refractivity contribution in [2.45, 2.75) is 45.1 Å². The van der Waals surface area contributed by atoms with Crippen molar-refractivity contribution < 1.29 is 19.1 Å². The van der Waals surface area contributed by atoms with Gasteiger partial charge >= 0.3 is 6.09 Å². The van der Waals surface area contributed by atoms with Crippen LogP contribution in [0.25, 0.3) is 0 Å². The summed E-state index contributed by atoms with van der Waals surface area (Å²) < 4.78 is 10.8. The van der Waals surface area contributed by atoms with Gasteiger partial charge in [0.1, 0.15) is 17.6 Å². The normalized spacial score (nSPS) is 16.9. The van der Waals surface area contributed by atoms with Crippen LogP contribution in [-0.4, -0.2) is 43.1 Å². The first-order valence-corrected chi connectivity index (χ1v) is 9.38. The first-order valence-electron chi connectivity index (χ1n) is 8.62. The highest BCUT2D eigenvalue weighted by molar-refractivity contribution is 6.42. The summed E-state index contributed by atoms with van der Waals surface area (Å²) in [6.45, 7) is 6.63. The maximum absolute atomic E-state index is 12.2. The zero-order valence-electron chi connectivity index (χ0n) is 15.6. The van der Waals surface area contributed by atoms with Gasteiger partial charge in [-0.1, -0.05) is 23.2 Å². The van der Waals surface area contributed by atoms with Gasteiger partial charge in [0.2, 0.25) is 0 Å². The first kappa shape index (κ1) is 20.8. The van der Waals surface area contributed by atoms with Gasteiger partial charge in [-0.05, 0) is 45.6 Å². The summed E-state index contributed by atoms with van der Waals surface area (Å²) in [4.78, 5) is 25.7. The predicted octanol–water partition coefficient (Wildman–Crippen LogP) is 4.93. The van der Waals surface area contributed by atoms with Gasteiger partial charge in [0.25, 0.3) is 0 Å². The Morgan fingerprint density at radius 2 is 1.81 bits per heavy atom. The van der Waals surface area contributed by atoms with Crippen LogP contribution in [0.15, 0.2) is 12.1 Å². The number of nitrogens with zero attached hydrogens (tertiary/aromatic N) is 1. The van der Waals surface area contributed by atoms with Crippen LogP contribution >= 0.6 is 23.2 Å². The van der Waals surface area contributed by atoms with Crippen molar-refractivity contribution in [1.29, 1.82) is 0 Å². The summed E-state index contributed by atoms with van der Waals surface area (Å²) in [6.07, 6.45) is 2.01. The number of hydrogen-bond donors (Lipinski definition) is 0. The number of piperidine rings is 1. The molecule has 1 amide bonds. The Hall–Kier alpha value is -1.46. The molecule has 2 rings (SSSR count). The van der Waals surface area contributed by atoms with Crippen molar-refractivity contribution in [2.24, 2.45) is 5.92 Å². The molecular formula is C19H25Cl2NO4. The molecule has 1 atom stereocenters. The Bertz CT molecular complexity index is 664. The number of rotatable bonds is 4. The molecule has 0 bridgehead atoms. The van der Waals surface area contributed by atoms with Crippen LogP contribution in [0.2, 0.25) is 10.0 Å². The molecule has 26 heavy (non-hydrogen) atoms. The average Bonchev–Trinajstić information content (AvgIpc) is 2.57. The van der Waals surface area contributed by atoms with Gasteiger partial charge in [-0.3, -0.25) is 0 Å². The van der Waals surface area contributed by atoms with E-state index in [1.54, 1.807) is 17.0 Å². The van der Waals surface area contributed by atoms with Crippen molar-refractivity contribution in [2.75, 3.05) is 20.2 Å². The molecule has 0 saturated carbocycles. The maximum atomic E-state index is 12.2. The van der Waals surface area contributed by atoms with Crippen LogP contribution in [0.3, 0.4) is 0 Å². The van der Waals surface area contributed by atoms with Gasteiger partial charge in [-0.25, -0.2) is 4.79 Å².